The summed E-state index contributed by atoms with van der Waals surface area (Å²) in [5.74, 6) is 0.469. The lowest BCUT2D eigenvalue weighted by atomic mass is 9.94. The highest BCUT2D eigenvalue weighted by Gasteiger charge is 2.11. The number of hydrogen-bond acceptors (Lipinski definition) is 0. The van der Waals surface area contributed by atoms with E-state index in [1.165, 1.54) is 11.1 Å². The number of rotatable bonds is 4. The monoisotopic (exact) mass is 386 g/mol. The molecule has 0 aliphatic heterocycles. The van der Waals surface area contributed by atoms with Crippen LogP contribution in [0, 0.1) is 0 Å². The van der Waals surface area contributed by atoms with Crippen LogP contribution in [0.5, 0.6) is 0 Å². The third kappa shape index (κ3) is 3.84. The van der Waals surface area contributed by atoms with Gasteiger partial charge in [0.2, 0.25) is 0 Å². The van der Waals surface area contributed by atoms with Gasteiger partial charge in [-0.25, -0.2) is 0 Å². The lowest BCUT2D eigenvalue weighted by Crippen LogP contribution is -2.04. The zero-order valence-corrected chi connectivity index (χ0v) is 13.7. The Morgan fingerprint density at radius 2 is 1.78 bits per heavy atom. The highest BCUT2D eigenvalue weighted by molar-refractivity contribution is 9.10. The van der Waals surface area contributed by atoms with Gasteiger partial charge in [-0.15, -0.1) is 0 Å². The van der Waals surface area contributed by atoms with Crippen LogP contribution < -0.4 is 0 Å². The Morgan fingerprint density at radius 1 is 1.06 bits per heavy atom. The first-order valence-electron chi connectivity index (χ1n) is 5.75. The van der Waals surface area contributed by atoms with E-state index in [0.717, 1.165) is 21.2 Å². The summed E-state index contributed by atoms with van der Waals surface area (Å²) in [5.41, 5.74) is 2.62. The average Bonchev–Trinajstić information content (AvgIpc) is 2.37. The molecule has 2 rings (SSSR count). The largest absolute Gasteiger partial charge is 0.0921 e. The van der Waals surface area contributed by atoms with Gasteiger partial charge < -0.3 is 0 Å². The molecule has 0 fully saturated rings. The van der Waals surface area contributed by atoms with E-state index in [1.807, 2.05) is 18.2 Å². The summed E-state index contributed by atoms with van der Waals surface area (Å²) in [6.45, 7) is 0. The Bertz CT molecular complexity index is 508. The standard InChI is InChI=1S/C15H13Br2Cl/c16-10-13(12-4-6-14(17)7-5-12)8-11-2-1-3-15(18)9-11/h1-7,9,13H,8,10H2. The summed E-state index contributed by atoms with van der Waals surface area (Å²) < 4.78 is 1.11. The molecule has 0 aromatic heterocycles. The van der Waals surface area contributed by atoms with Crippen molar-refractivity contribution < 1.29 is 0 Å². The van der Waals surface area contributed by atoms with E-state index in [-0.39, 0.29) is 0 Å². The fraction of sp³-hybridized carbons (Fsp3) is 0.200. The molecule has 0 bridgehead atoms. The lowest BCUT2D eigenvalue weighted by Gasteiger charge is -2.15. The Morgan fingerprint density at radius 3 is 2.39 bits per heavy atom. The second kappa shape index (κ2) is 6.74. The van der Waals surface area contributed by atoms with Gasteiger partial charge in [0, 0.05) is 14.8 Å². The lowest BCUT2D eigenvalue weighted by molar-refractivity contribution is 0.775. The van der Waals surface area contributed by atoms with Crippen LogP contribution in [0.15, 0.2) is 53.0 Å². The van der Waals surface area contributed by atoms with Crippen molar-refractivity contribution in [2.45, 2.75) is 12.3 Å². The normalized spacial score (nSPS) is 12.4. The predicted molar refractivity (Wildman–Crippen MR) is 85.8 cm³/mol. The molecule has 0 radical (unpaired) electrons. The molecular weight excluding hydrogens is 375 g/mol. The molecule has 18 heavy (non-hydrogen) atoms. The zero-order chi connectivity index (χ0) is 13.0. The number of alkyl halides is 1. The van der Waals surface area contributed by atoms with Crippen LogP contribution in [-0.2, 0) is 6.42 Å². The van der Waals surface area contributed by atoms with Gasteiger partial charge >= 0.3 is 0 Å². The van der Waals surface area contributed by atoms with Crippen LogP contribution in [0.1, 0.15) is 17.0 Å². The maximum atomic E-state index is 6.02. The molecule has 0 nitrogen and oxygen atoms in total. The molecule has 2 aromatic rings. The van der Waals surface area contributed by atoms with Gasteiger partial charge in [0.15, 0.2) is 0 Å². The molecule has 2 aromatic carbocycles. The van der Waals surface area contributed by atoms with Crippen LogP contribution in [0.3, 0.4) is 0 Å². The smallest absolute Gasteiger partial charge is 0.0408 e. The summed E-state index contributed by atoms with van der Waals surface area (Å²) in [4.78, 5) is 0. The summed E-state index contributed by atoms with van der Waals surface area (Å²) in [5, 5.41) is 1.75. The van der Waals surface area contributed by atoms with Crippen molar-refractivity contribution in [2.75, 3.05) is 5.33 Å². The third-order valence-corrected chi connectivity index (χ3v) is 4.44. The van der Waals surface area contributed by atoms with Gasteiger partial charge in [-0.2, -0.15) is 0 Å². The van der Waals surface area contributed by atoms with Crippen molar-refractivity contribution in [3.8, 4) is 0 Å². The fourth-order valence-corrected chi connectivity index (χ4v) is 3.02. The van der Waals surface area contributed by atoms with E-state index < -0.39 is 0 Å². The SMILES string of the molecule is Clc1cccc(CC(CBr)c2ccc(Br)cc2)c1. The quantitative estimate of drug-likeness (QED) is 0.579. The van der Waals surface area contributed by atoms with Crippen LogP contribution in [0.2, 0.25) is 5.02 Å². The molecule has 1 atom stereocenters. The maximum absolute atomic E-state index is 6.02. The molecule has 0 aliphatic rings. The Labute approximate surface area is 130 Å². The summed E-state index contributed by atoms with van der Waals surface area (Å²) in [6.07, 6.45) is 0.993. The second-order valence-electron chi connectivity index (χ2n) is 4.24. The first-order valence-corrected chi connectivity index (χ1v) is 8.04. The molecule has 0 N–H and O–H groups in total. The Kier molecular flexibility index (Phi) is 5.28. The van der Waals surface area contributed by atoms with Gasteiger partial charge in [0.1, 0.15) is 0 Å². The molecular formula is C15H13Br2Cl. The number of hydrogen-bond donors (Lipinski definition) is 0. The van der Waals surface area contributed by atoms with Gasteiger partial charge in [0.25, 0.3) is 0 Å². The highest BCUT2D eigenvalue weighted by Crippen LogP contribution is 2.25. The van der Waals surface area contributed by atoms with E-state index in [2.05, 4.69) is 62.2 Å². The first kappa shape index (κ1) is 14.1. The number of halogens is 3. The van der Waals surface area contributed by atoms with E-state index in [9.17, 15) is 0 Å². The molecule has 94 valence electrons. The van der Waals surface area contributed by atoms with Gasteiger partial charge in [0.05, 0.1) is 0 Å². The number of benzene rings is 2. The van der Waals surface area contributed by atoms with Crippen LogP contribution in [0.25, 0.3) is 0 Å². The molecule has 0 saturated carbocycles. The van der Waals surface area contributed by atoms with Gasteiger partial charge in [-0.1, -0.05) is 67.7 Å². The van der Waals surface area contributed by atoms with E-state index in [4.69, 9.17) is 11.6 Å². The van der Waals surface area contributed by atoms with Crippen molar-refractivity contribution >= 4 is 43.5 Å². The van der Waals surface area contributed by atoms with Crippen LogP contribution >= 0.6 is 43.5 Å². The van der Waals surface area contributed by atoms with Crippen LogP contribution in [0.4, 0.5) is 0 Å². The van der Waals surface area contributed by atoms with E-state index >= 15 is 0 Å². The summed E-state index contributed by atoms with van der Waals surface area (Å²) >= 11 is 13.1. The highest BCUT2D eigenvalue weighted by atomic mass is 79.9. The van der Waals surface area contributed by atoms with Gasteiger partial charge in [-0.05, 0) is 47.7 Å². The van der Waals surface area contributed by atoms with Crippen LogP contribution in [-0.4, -0.2) is 5.33 Å². The minimum absolute atomic E-state index is 0.469. The predicted octanol–water partition coefficient (Wildman–Crippen LogP) is 5.82. The molecule has 0 heterocycles. The fourth-order valence-electron chi connectivity index (χ4n) is 1.94. The topological polar surface area (TPSA) is 0 Å². The van der Waals surface area contributed by atoms with Gasteiger partial charge in [-0.3, -0.25) is 0 Å². The summed E-state index contributed by atoms with van der Waals surface area (Å²) in [6, 6.07) is 16.6. The molecule has 3 heteroatoms. The Hall–Kier alpha value is -0.310. The molecule has 0 spiro atoms. The van der Waals surface area contributed by atoms with Crippen molar-refractivity contribution in [2.24, 2.45) is 0 Å². The van der Waals surface area contributed by atoms with E-state index in [1.54, 1.807) is 0 Å². The Balaban J connectivity index is 2.17. The maximum Gasteiger partial charge on any atom is 0.0408 e. The van der Waals surface area contributed by atoms with Crippen molar-refractivity contribution in [3.63, 3.8) is 0 Å². The third-order valence-electron chi connectivity index (χ3n) is 2.90. The first-order chi connectivity index (χ1) is 8.69. The minimum Gasteiger partial charge on any atom is -0.0921 e. The molecule has 1 unspecified atom stereocenters. The molecule has 0 amide bonds. The minimum atomic E-state index is 0.469. The second-order valence-corrected chi connectivity index (χ2v) is 6.24. The molecule has 0 saturated heterocycles. The van der Waals surface area contributed by atoms with Crippen molar-refractivity contribution in [3.05, 3.63) is 69.2 Å². The van der Waals surface area contributed by atoms with Crippen molar-refractivity contribution in [1.29, 1.82) is 0 Å². The summed E-state index contributed by atoms with van der Waals surface area (Å²) in [7, 11) is 0. The van der Waals surface area contributed by atoms with Crippen molar-refractivity contribution in [1.82, 2.24) is 0 Å². The van der Waals surface area contributed by atoms with E-state index in [0.29, 0.717) is 5.92 Å². The average molecular weight is 389 g/mol. The molecule has 0 aliphatic carbocycles. The zero-order valence-electron chi connectivity index (χ0n) is 9.74.